The van der Waals surface area contributed by atoms with Gasteiger partial charge in [-0.15, -0.1) is 11.3 Å². The number of rotatable bonds is 4. The summed E-state index contributed by atoms with van der Waals surface area (Å²) in [5, 5.41) is 9.72. The number of benzene rings is 1. The van der Waals surface area contributed by atoms with E-state index < -0.39 is 10.0 Å². The van der Waals surface area contributed by atoms with Gasteiger partial charge in [-0.1, -0.05) is 11.6 Å². The number of aromatic nitrogens is 1. The number of sulfonamides is 1. The standard InChI is InChI=1S/C11H11ClN2O3S2/c1-7-5-13-11(18-7)14-19(16,17)9-2-3-10(12)8(4-9)6-15/h2-5,15H,6H2,1H3,(H,13,14). The van der Waals surface area contributed by atoms with Crippen molar-refractivity contribution in [2.24, 2.45) is 0 Å². The summed E-state index contributed by atoms with van der Waals surface area (Å²) in [5.74, 6) is 0. The molecule has 0 unspecified atom stereocenters. The number of aryl methyl sites for hydroxylation is 1. The Balaban J connectivity index is 2.34. The summed E-state index contributed by atoms with van der Waals surface area (Å²) >= 11 is 7.07. The third kappa shape index (κ3) is 3.24. The van der Waals surface area contributed by atoms with Gasteiger partial charge in [0.05, 0.1) is 11.5 Å². The Labute approximate surface area is 119 Å². The molecule has 0 aliphatic heterocycles. The molecule has 19 heavy (non-hydrogen) atoms. The van der Waals surface area contributed by atoms with E-state index in [1.54, 1.807) is 6.20 Å². The highest BCUT2D eigenvalue weighted by molar-refractivity contribution is 7.93. The van der Waals surface area contributed by atoms with Crippen molar-refractivity contribution in [3.63, 3.8) is 0 Å². The molecule has 8 heteroatoms. The van der Waals surface area contributed by atoms with Gasteiger partial charge in [0, 0.05) is 16.1 Å². The molecule has 1 heterocycles. The van der Waals surface area contributed by atoms with Crippen molar-refractivity contribution in [2.75, 3.05) is 4.72 Å². The summed E-state index contributed by atoms with van der Waals surface area (Å²) in [6, 6.07) is 4.16. The second-order valence-electron chi connectivity index (χ2n) is 3.79. The zero-order chi connectivity index (χ0) is 14.0. The molecule has 102 valence electrons. The predicted octanol–water partition coefficient (Wildman–Crippen LogP) is 2.40. The molecule has 0 radical (unpaired) electrons. The highest BCUT2D eigenvalue weighted by atomic mass is 35.5. The average Bonchev–Trinajstić information content (AvgIpc) is 2.74. The Morgan fingerprint density at radius 1 is 1.47 bits per heavy atom. The topological polar surface area (TPSA) is 79.3 Å². The van der Waals surface area contributed by atoms with E-state index in [4.69, 9.17) is 16.7 Å². The van der Waals surface area contributed by atoms with Crippen LogP contribution in [0.1, 0.15) is 10.4 Å². The summed E-state index contributed by atoms with van der Waals surface area (Å²) in [6.45, 7) is 1.51. The van der Waals surface area contributed by atoms with Gasteiger partial charge in [0.15, 0.2) is 5.13 Å². The first-order chi connectivity index (χ1) is 8.92. The maximum atomic E-state index is 12.1. The van der Waals surface area contributed by atoms with Crippen molar-refractivity contribution in [3.05, 3.63) is 39.9 Å². The van der Waals surface area contributed by atoms with Crippen LogP contribution in [-0.2, 0) is 16.6 Å². The third-order valence-electron chi connectivity index (χ3n) is 2.34. The fourth-order valence-electron chi connectivity index (χ4n) is 1.42. The zero-order valence-corrected chi connectivity index (χ0v) is 12.3. The first kappa shape index (κ1) is 14.3. The number of anilines is 1. The minimum absolute atomic E-state index is 0.0359. The quantitative estimate of drug-likeness (QED) is 0.907. The summed E-state index contributed by atoms with van der Waals surface area (Å²) in [4.78, 5) is 4.88. The molecule has 0 aliphatic carbocycles. The van der Waals surface area contributed by atoms with Crippen LogP contribution in [0.2, 0.25) is 5.02 Å². The molecule has 0 aliphatic rings. The van der Waals surface area contributed by atoms with Gasteiger partial charge in [0.25, 0.3) is 10.0 Å². The van der Waals surface area contributed by atoms with Crippen LogP contribution in [0.4, 0.5) is 5.13 Å². The Morgan fingerprint density at radius 2 is 2.21 bits per heavy atom. The molecule has 2 N–H and O–H groups in total. The van der Waals surface area contributed by atoms with Crippen LogP contribution in [0, 0.1) is 6.92 Å². The summed E-state index contributed by atoms with van der Waals surface area (Å²) in [7, 11) is -3.72. The van der Waals surface area contributed by atoms with E-state index in [1.807, 2.05) is 6.92 Å². The fourth-order valence-corrected chi connectivity index (χ4v) is 3.55. The molecule has 0 saturated carbocycles. The van der Waals surface area contributed by atoms with Gasteiger partial charge in [0.2, 0.25) is 0 Å². The van der Waals surface area contributed by atoms with Crippen LogP contribution >= 0.6 is 22.9 Å². The van der Waals surface area contributed by atoms with Gasteiger partial charge in [-0.05, 0) is 30.7 Å². The van der Waals surface area contributed by atoms with E-state index in [0.29, 0.717) is 15.7 Å². The number of nitrogens with one attached hydrogen (secondary N) is 1. The molecule has 0 bridgehead atoms. The lowest BCUT2D eigenvalue weighted by molar-refractivity contribution is 0.281. The molecule has 0 spiro atoms. The minimum atomic E-state index is -3.72. The fraction of sp³-hybridized carbons (Fsp3) is 0.182. The first-order valence-corrected chi connectivity index (χ1v) is 7.94. The summed E-state index contributed by atoms with van der Waals surface area (Å²) in [5.41, 5.74) is 0.361. The number of hydrogen-bond donors (Lipinski definition) is 2. The summed E-state index contributed by atoms with van der Waals surface area (Å²) < 4.78 is 26.6. The average molecular weight is 319 g/mol. The Hall–Kier alpha value is -1.15. The molecule has 0 fully saturated rings. The van der Waals surface area contributed by atoms with Crippen LogP contribution < -0.4 is 4.72 Å². The number of thiazole rings is 1. The Kier molecular flexibility index (Phi) is 4.10. The number of aliphatic hydroxyl groups is 1. The zero-order valence-electron chi connectivity index (χ0n) is 9.92. The van der Waals surface area contributed by atoms with Crippen molar-refractivity contribution in [1.82, 2.24) is 4.98 Å². The maximum absolute atomic E-state index is 12.1. The molecular weight excluding hydrogens is 308 g/mol. The van der Waals surface area contributed by atoms with Crippen LogP contribution in [0.15, 0.2) is 29.3 Å². The van der Waals surface area contributed by atoms with Crippen molar-refractivity contribution in [3.8, 4) is 0 Å². The second-order valence-corrected chi connectivity index (χ2v) is 7.12. The van der Waals surface area contributed by atoms with Crippen LogP contribution in [0.5, 0.6) is 0 Å². The number of halogens is 1. The highest BCUT2D eigenvalue weighted by Crippen LogP contribution is 2.24. The molecule has 0 atom stereocenters. The maximum Gasteiger partial charge on any atom is 0.263 e. The van der Waals surface area contributed by atoms with Crippen LogP contribution in [0.3, 0.4) is 0 Å². The van der Waals surface area contributed by atoms with E-state index in [-0.39, 0.29) is 11.5 Å². The Morgan fingerprint density at radius 3 is 2.79 bits per heavy atom. The van der Waals surface area contributed by atoms with E-state index in [2.05, 4.69) is 9.71 Å². The minimum Gasteiger partial charge on any atom is -0.392 e. The van der Waals surface area contributed by atoms with E-state index in [0.717, 1.165) is 4.88 Å². The third-order valence-corrected chi connectivity index (χ3v) is 5.00. The van der Waals surface area contributed by atoms with Crippen LogP contribution in [0.25, 0.3) is 0 Å². The molecule has 1 aromatic heterocycles. The normalized spacial score (nSPS) is 11.5. The molecule has 1 aromatic carbocycles. The molecule has 2 rings (SSSR count). The lowest BCUT2D eigenvalue weighted by atomic mass is 10.2. The van der Waals surface area contributed by atoms with E-state index >= 15 is 0 Å². The molecule has 0 saturated heterocycles. The van der Waals surface area contributed by atoms with Gasteiger partial charge in [0.1, 0.15) is 0 Å². The SMILES string of the molecule is Cc1cnc(NS(=O)(=O)c2ccc(Cl)c(CO)c2)s1. The number of nitrogens with zero attached hydrogens (tertiary/aromatic N) is 1. The largest absolute Gasteiger partial charge is 0.392 e. The lowest BCUT2D eigenvalue weighted by Crippen LogP contribution is -2.13. The Bertz CT molecular complexity index is 698. The van der Waals surface area contributed by atoms with Crippen molar-refractivity contribution in [2.45, 2.75) is 18.4 Å². The lowest BCUT2D eigenvalue weighted by Gasteiger charge is -2.07. The van der Waals surface area contributed by atoms with E-state index in [1.165, 1.54) is 29.5 Å². The molecule has 0 amide bonds. The van der Waals surface area contributed by atoms with Gasteiger partial charge in [-0.25, -0.2) is 13.4 Å². The number of aliphatic hydroxyl groups excluding tert-OH is 1. The van der Waals surface area contributed by atoms with Gasteiger partial charge in [-0.3, -0.25) is 4.72 Å². The smallest absolute Gasteiger partial charge is 0.263 e. The monoisotopic (exact) mass is 318 g/mol. The predicted molar refractivity (Wildman–Crippen MR) is 75.0 cm³/mol. The van der Waals surface area contributed by atoms with E-state index in [9.17, 15) is 8.42 Å². The molecule has 5 nitrogen and oxygen atoms in total. The summed E-state index contributed by atoms with van der Waals surface area (Å²) in [6.07, 6.45) is 1.59. The van der Waals surface area contributed by atoms with Gasteiger partial charge >= 0.3 is 0 Å². The number of hydrogen-bond acceptors (Lipinski definition) is 5. The van der Waals surface area contributed by atoms with Crippen molar-refractivity contribution >= 4 is 38.1 Å². The molecular formula is C11H11ClN2O3S2. The van der Waals surface area contributed by atoms with Gasteiger partial charge in [-0.2, -0.15) is 0 Å². The van der Waals surface area contributed by atoms with Crippen molar-refractivity contribution in [1.29, 1.82) is 0 Å². The first-order valence-electron chi connectivity index (χ1n) is 5.27. The molecule has 2 aromatic rings. The van der Waals surface area contributed by atoms with Crippen molar-refractivity contribution < 1.29 is 13.5 Å². The second kappa shape index (κ2) is 5.46. The highest BCUT2D eigenvalue weighted by Gasteiger charge is 2.17. The van der Waals surface area contributed by atoms with Crippen LogP contribution in [-0.4, -0.2) is 18.5 Å². The van der Waals surface area contributed by atoms with Gasteiger partial charge < -0.3 is 5.11 Å².